The third-order valence-corrected chi connectivity index (χ3v) is 4.85. The van der Waals surface area contributed by atoms with Crippen LogP contribution in [0, 0.1) is 5.92 Å². The van der Waals surface area contributed by atoms with Crippen LogP contribution < -0.4 is 15.0 Å². The first-order chi connectivity index (χ1) is 12.5. The first-order valence-electron chi connectivity index (χ1n) is 8.35. The summed E-state index contributed by atoms with van der Waals surface area (Å²) in [7, 11) is 0. The van der Waals surface area contributed by atoms with Crippen LogP contribution in [0.15, 0.2) is 53.0 Å². The topological polar surface area (TPSA) is 41.6 Å². The zero-order valence-corrected chi connectivity index (χ0v) is 15.6. The number of anilines is 1. The summed E-state index contributed by atoms with van der Waals surface area (Å²) in [6.45, 7) is -0.710. The molecular formula is C19H19BrF2N2O2. The summed E-state index contributed by atoms with van der Waals surface area (Å²) >= 11 is 3.47. The molecule has 0 aliphatic carbocycles. The maximum Gasteiger partial charge on any atom is 0.387 e. The second kappa shape index (κ2) is 8.49. The lowest BCUT2D eigenvalue weighted by Gasteiger charge is -2.19. The van der Waals surface area contributed by atoms with E-state index in [-0.39, 0.29) is 11.3 Å². The van der Waals surface area contributed by atoms with Gasteiger partial charge in [-0.1, -0.05) is 34.1 Å². The van der Waals surface area contributed by atoms with Crippen molar-refractivity contribution in [1.29, 1.82) is 0 Å². The number of para-hydroxylation sites is 1. The molecule has 0 spiro atoms. The second-order valence-electron chi connectivity index (χ2n) is 6.17. The zero-order valence-electron chi connectivity index (χ0n) is 14.0. The number of rotatable bonds is 6. The van der Waals surface area contributed by atoms with Crippen LogP contribution in [0.5, 0.6) is 5.75 Å². The van der Waals surface area contributed by atoms with Crippen LogP contribution >= 0.6 is 15.9 Å². The molecule has 0 aromatic heterocycles. The molecule has 0 bridgehead atoms. The van der Waals surface area contributed by atoms with E-state index in [0.717, 1.165) is 29.7 Å². The molecule has 1 unspecified atom stereocenters. The van der Waals surface area contributed by atoms with Crippen molar-refractivity contribution in [1.82, 2.24) is 5.32 Å². The second-order valence-corrected chi connectivity index (χ2v) is 7.08. The SMILES string of the molecule is O=C(NCC1CCN(c2cccc(Br)c2)C1)c1ccccc1OC(F)F. The molecule has 3 rings (SSSR count). The third kappa shape index (κ3) is 4.72. The van der Waals surface area contributed by atoms with Crippen molar-refractivity contribution >= 4 is 27.5 Å². The monoisotopic (exact) mass is 424 g/mol. The van der Waals surface area contributed by atoms with Crippen LogP contribution in [0.1, 0.15) is 16.8 Å². The van der Waals surface area contributed by atoms with E-state index in [9.17, 15) is 13.6 Å². The van der Waals surface area contributed by atoms with Gasteiger partial charge >= 0.3 is 6.61 Å². The molecular weight excluding hydrogens is 406 g/mol. The summed E-state index contributed by atoms with van der Waals surface area (Å²) in [5.41, 5.74) is 1.26. The number of benzene rings is 2. The predicted molar refractivity (Wildman–Crippen MR) is 99.9 cm³/mol. The lowest BCUT2D eigenvalue weighted by Crippen LogP contribution is -2.31. The molecule has 2 aromatic carbocycles. The Hall–Kier alpha value is -2.15. The molecule has 4 nitrogen and oxygen atoms in total. The number of carbonyl (C=O) groups excluding carboxylic acids is 1. The van der Waals surface area contributed by atoms with Gasteiger partial charge in [0.15, 0.2) is 0 Å². The Morgan fingerprint density at radius 3 is 2.85 bits per heavy atom. The summed E-state index contributed by atoms with van der Waals surface area (Å²) in [6.07, 6.45) is 0.960. The van der Waals surface area contributed by atoms with Crippen molar-refractivity contribution in [3.8, 4) is 5.75 Å². The average molecular weight is 425 g/mol. The Labute approximate surface area is 159 Å². The van der Waals surface area contributed by atoms with Crippen molar-refractivity contribution < 1.29 is 18.3 Å². The largest absolute Gasteiger partial charge is 0.434 e. The molecule has 26 heavy (non-hydrogen) atoms. The van der Waals surface area contributed by atoms with Gasteiger partial charge in [-0.05, 0) is 42.7 Å². The maximum absolute atomic E-state index is 12.5. The Kier molecular flexibility index (Phi) is 6.08. The highest BCUT2D eigenvalue weighted by molar-refractivity contribution is 9.10. The molecule has 138 valence electrons. The number of hydrogen-bond acceptors (Lipinski definition) is 3. The molecule has 1 aliphatic heterocycles. The molecule has 2 aromatic rings. The minimum Gasteiger partial charge on any atom is -0.434 e. The van der Waals surface area contributed by atoms with Crippen LogP contribution in [-0.2, 0) is 0 Å². The summed E-state index contributed by atoms with van der Waals surface area (Å²) in [5.74, 6) is -0.203. The Balaban J connectivity index is 1.56. The van der Waals surface area contributed by atoms with E-state index < -0.39 is 12.5 Å². The molecule has 1 heterocycles. The van der Waals surface area contributed by atoms with Gasteiger partial charge < -0.3 is 15.0 Å². The molecule has 1 saturated heterocycles. The smallest absolute Gasteiger partial charge is 0.387 e. The Bertz CT molecular complexity index is 773. The highest BCUT2D eigenvalue weighted by atomic mass is 79.9. The summed E-state index contributed by atoms with van der Waals surface area (Å²) in [5, 5.41) is 2.84. The van der Waals surface area contributed by atoms with Crippen molar-refractivity contribution in [3.05, 3.63) is 58.6 Å². The number of hydrogen-bond donors (Lipinski definition) is 1. The van der Waals surface area contributed by atoms with Gasteiger partial charge in [-0.25, -0.2) is 0 Å². The molecule has 1 aliphatic rings. The molecule has 0 radical (unpaired) electrons. The molecule has 7 heteroatoms. The summed E-state index contributed by atoms with van der Waals surface area (Å²) in [4.78, 5) is 14.6. The van der Waals surface area contributed by atoms with E-state index in [0.29, 0.717) is 12.5 Å². The van der Waals surface area contributed by atoms with Crippen LogP contribution in [0.3, 0.4) is 0 Å². The summed E-state index contributed by atoms with van der Waals surface area (Å²) < 4.78 is 30.4. The molecule has 1 N–H and O–H groups in total. The Morgan fingerprint density at radius 2 is 2.08 bits per heavy atom. The molecule has 1 amide bonds. The first-order valence-corrected chi connectivity index (χ1v) is 9.15. The van der Waals surface area contributed by atoms with E-state index in [1.165, 1.54) is 12.1 Å². The average Bonchev–Trinajstić information content (AvgIpc) is 3.09. The van der Waals surface area contributed by atoms with Crippen molar-refractivity contribution in [2.75, 3.05) is 24.5 Å². The van der Waals surface area contributed by atoms with E-state index in [4.69, 9.17) is 0 Å². The number of nitrogens with zero attached hydrogens (tertiary/aromatic N) is 1. The number of halogens is 3. The van der Waals surface area contributed by atoms with Crippen LogP contribution in [0.25, 0.3) is 0 Å². The number of alkyl halides is 2. The van der Waals surface area contributed by atoms with Crippen molar-refractivity contribution in [3.63, 3.8) is 0 Å². The lowest BCUT2D eigenvalue weighted by atomic mass is 10.1. The fraction of sp³-hybridized carbons (Fsp3) is 0.316. The minimum absolute atomic E-state index is 0.109. The van der Waals surface area contributed by atoms with Gasteiger partial charge in [0, 0.05) is 29.8 Å². The third-order valence-electron chi connectivity index (χ3n) is 4.36. The highest BCUT2D eigenvalue weighted by Crippen LogP contribution is 2.26. The van der Waals surface area contributed by atoms with Gasteiger partial charge in [0.2, 0.25) is 0 Å². The molecule has 0 saturated carbocycles. The van der Waals surface area contributed by atoms with E-state index in [2.05, 4.69) is 43.0 Å². The van der Waals surface area contributed by atoms with E-state index in [1.807, 2.05) is 12.1 Å². The van der Waals surface area contributed by atoms with Crippen LogP contribution in [-0.4, -0.2) is 32.2 Å². The van der Waals surface area contributed by atoms with E-state index in [1.54, 1.807) is 12.1 Å². The normalized spacial score (nSPS) is 16.8. The van der Waals surface area contributed by atoms with E-state index >= 15 is 0 Å². The minimum atomic E-state index is -2.96. The van der Waals surface area contributed by atoms with Gasteiger partial charge in [0.05, 0.1) is 5.56 Å². The fourth-order valence-electron chi connectivity index (χ4n) is 3.09. The predicted octanol–water partition coefficient (Wildman–Crippen LogP) is 4.31. The van der Waals surface area contributed by atoms with Crippen molar-refractivity contribution in [2.45, 2.75) is 13.0 Å². The quantitative estimate of drug-likeness (QED) is 0.750. The molecule has 1 atom stereocenters. The van der Waals surface area contributed by atoms with Gasteiger partial charge in [0.25, 0.3) is 5.91 Å². The number of nitrogens with one attached hydrogen (secondary N) is 1. The van der Waals surface area contributed by atoms with Gasteiger partial charge in [-0.15, -0.1) is 0 Å². The number of carbonyl (C=O) groups is 1. The van der Waals surface area contributed by atoms with Crippen LogP contribution in [0.4, 0.5) is 14.5 Å². The summed E-state index contributed by atoms with van der Waals surface area (Å²) in [6, 6.07) is 14.1. The zero-order chi connectivity index (χ0) is 18.5. The van der Waals surface area contributed by atoms with Crippen LogP contribution in [0.2, 0.25) is 0 Å². The van der Waals surface area contributed by atoms with Gasteiger partial charge in [-0.3, -0.25) is 4.79 Å². The number of ether oxygens (including phenoxy) is 1. The van der Waals surface area contributed by atoms with Gasteiger partial charge in [-0.2, -0.15) is 8.78 Å². The Morgan fingerprint density at radius 1 is 1.27 bits per heavy atom. The standard InChI is InChI=1S/C19H19BrF2N2O2/c20-14-4-3-5-15(10-14)24-9-8-13(12-24)11-23-18(25)16-6-1-2-7-17(16)26-19(21)22/h1-7,10,13,19H,8-9,11-12H2,(H,23,25). The maximum atomic E-state index is 12.5. The van der Waals surface area contributed by atoms with Gasteiger partial charge in [0.1, 0.15) is 5.75 Å². The van der Waals surface area contributed by atoms with Crippen molar-refractivity contribution in [2.24, 2.45) is 5.92 Å². The molecule has 1 fully saturated rings. The lowest BCUT2D eigenvalue weighted by molar-refractivity contribution is -0.0501. The number of amides is 1. The highest BCUT2D eigenvalue weighted by Gasteiger charge is 2.24. The first kappa shape index (κ1) is 18.6. The fourth-order valence-corrected chi connectivity index (χ4v) is 3.48.